The van der Waals surface area contributed by atoms with Gasteiger partial charge in [-0.25, -0.2) is 4.98 Å². The maximum absolute atomic E-state index is 13.1. The van der Waals surface area contributed by atoms with Crippen molar-refractivity contribution < 1.29 is 9.53 Å². The van der Waals surface area contributed by atoms with Gasteiger partial charge in [0.15, 0.2) is 6.10 Å². The summed E-state index contributed by atoms with van der Waals surface area (Å²) in [5.74, 6) is 0.799. The van der Waals surface area contributed by atoms with Crippen molar-refractivity contribution in [3.05, 3.63) is 77.9 Å². The van der Waals surface area contributed by atoms with Crippen LogP contribution in [0, 0.1) is 6.92 Å². The normalized spacial score (nSPS) is 12.6. The molecule has 0 spiro atoms. The van der Waals surface area contributed by atoms with Crippen LogP contribution in [0.4, 0.5) is 5.69 Å². The molecule has 2 aromatic carbocycles. The first kappa shape index (κ1) is 24.6. The largest absolute Gasteiger partial charge is 0.463 e. The molecule has 1 aromatic heterocycles. The van der Waals surface area contributed by atoms with Crippen LogP contribution in [0.3, 0.4) is 0 Å². The molecule has 3 aromatic rings. The number of hydrogen-bond acceptors (Lipinski definition) is 6. The highest BCUT2D eigenvalue weighted by Crippen LogP contribution is 2.28. The number of rotatable bonds is 10. The Morgan fingerprint density at radius 1 is 1.12 bits per heavy atom. The van der Waals surface area contributed by atoms with E-state index in [1.165, 1.54) is 0 Å². The molecule has 0 aliphatic heterocycles. The van der Waals surface area contributed by atoms with Gasteiger partial charge in [-0.15, -0.1) is 0 Å². The van der Waals surface area contributed by atoms with E-state index in [0.29, 0.717) is 30.4 Å². The lowest BCUT2D eigenvalue weighted by Gasteiger charge is -2.24. The number of nitrogens with zero attached hydrogens (tertiary/aromatic N) is 2. The van der Waals surface area contributed by atoms with Crippen LogP contribution in [0.15, 0.2) is 66.7 Å². The number of carbonyl (C=O) groups excluding carboxylic acids is 1. The Morgan fingerprint density at radius 2 is 1.82 bits per heavy atom. The molecule has 1 amide bonds. The predicted molar refractivity (Wildman–Crippen MR) is 138 cm³/mol. The van der Waals surface area contributed by atoms with Crippen LogP contribution in [0.5, 0.6) is 5.88 Å². The fourth-order valence-electron chi connectivity index (χ4n) is 3.39. The lowest BCUT2D eigenvalue weighted by atomic mass is 10.1. The molecule has 7 heteroatoms. The van der Waals surface area contributed by atoms with Crippen LogP contribution >= 0.6 is 12.6 Å². The lowest BCUT2D eigenvalue weighted by molar-refractivity contribution is -0.137. The molecule has 3 N–H and O–H groups in total. The van der Waals surface area contributed by atoms with Gasteiger partial charge in [0.05, 0.1) is 11.4 Å². The van der Waals surface area contributed by atoms with Crippen LogP contribution in [-0.2, 0) is 11.3 Å². The average molecular weight is 465 g/mol. The molecule has 6 nitrogen and oxygen atoms in total. The second kappa shape index (κ2) is 11.7. The molecular weight excluding hydrogens is 432 g/mol. The molecule has 0 aliphatic rings. The number of aromatic nitrogens is 1. The maximum Gasteiger partial charge on any atom is 0.263 e. The van der Waals surface area contributed by atoms with E-state index in [0.717, 1.165) is 22.4 Å². The van der Waals surface area contributed by atoms with Crippen LogP contribution < -0.4 is 15.8 Å². The van der Waals surface area contributed by atoms with Crippen molar-refractivity contribution in [2.45, 2.75) is 32.5 Å². The first-order valence-electron chi connectivity index (χ1n) is 11.0. The fraction of sp³-hybridized carbons (Fsp3) is 0.308. The fourth-order valence-corrected chi connectivity index (χ4v) is 3.52. The number of nitrogens with one attached hydrogen (secondary N) is 1. The van der Waals surface area contributed by atoms with E-state index in [2.05, 4.69) is 17.9 Å². The molecule has 1 heterocycles. The number of aryl methyl sites for hydroxylation is 1. The molecule has 33 heavy (non-hydrogen) atoms. The number of hydrogen-bond donors (Lipinski definition) is 3. The number of ether oxygens (including phenoxy) is 1. The topological polar surface area (TPSA) is 80.5 Å². The number of likely N-dealkylation sites (N-methyl/N-ethyl adjacent to an activating group) is 1. The molecule has 174 valence electrons. The smallest absolute Gasteiger partial charge is 0.263 e. The van der Waals surface area contributed by atoms with Crippen molar-refractivity contribution in [2.75, 3.05) is 24.7 Å². The number of anilines is 1. The van der Waals surface area contributed by atoms with Crippen molar-refractivity contribution in [2.24, 2.45) is 5.73 Å². The van der Waals surface area contributed by atoms with Crippen molar-refractivity contribution >= 4 is 24.2 Å². The maximum atomic E-state index is 13.1. The first-order chi connectivity index (χ1) is 15.9. The predicted octanol–water partition coefficient (Wildman–Crippen LogP) is 4.15. The van der Waals surface area contributed by atoms with Crippen LogP contribution in [0.25, 0.3) is 11.3 Å². The zero-order valence-electron chi connectivity index (χ0n) is 19.4. The zero-order chi connectivity index (χ0) is 23.8. The minimum Gasteiger partial charge on any atom is -0.463 e. The summed E-state index contributed by atoms with van der Waals surface area (Å²) in [5, 5.41) is 3.28. The molecule has 0 aliphatic carbocycles. The van der Waals surface area contributed by atoms with E-state index in [1.54, 1.807) is 18.9 Å². The first-order valence-corrected chi connectivity index (χ1v) is 11.6. The van der Waals surface area contributed by atoms with E-state index in [4.69, 9.17) is 15.5 Å². The Balaban J connectivity index is 1.79. The van der Waals surface area contributed by atoms with Gasteiger partial charge in [-0.05, 0) is 37.1 Å². The molecule has 0 fully saturated rings. The Hall–Kier alpha value is -3.03. The van der Waals surface area contributed by atoms with Gasteiger partial charge >= 0.3 is 0 Å². The van der Waals surface area contributed by atoms with Gasteiger partial charge in [-0.2, -0.15) is 12.6 Å². The van der Waals surface area contributed by atoms with Crippen LogP contribution in [0.2, 0.25) is 0 Å². The summed E-state index contributed by atoms with van der Waals surface area (Å²) in [5.41, 5.74) is 10.7. The molecule has 0 radical (unpaired) electrons. The minimum absolute atomic E-state index is 0.116. The van der Waals surface area contributed by atoms with Crippen molar-refractivity contribution in [1.82, 2.24) is 9.88 Å². The van der Waals surface area contributed by atoms with Crippen molar-refractivity contribution in [1.29, 1.82) is 0 Å². The average Bonchev–Trinajstić information content (AvgIpc) is 2.84. The van der Waals surface area contributed by atoms with Gasteiger partial charge in [-0.3, -0.25) is 4.79 Å². The number of amides is 1. The van der Waals surface area contributed by atoms with Crippen molar-refractivity contribution in [3.8, 4) is 17.1 Å². The monoisotopic (exact) mass is 464 g/mol. The highest BCUT2D eigenvalue weighted by atomic mass is 32.1. The molecular formula is C26H32N4O2S. The van der Waals surface area contributed by atoms with E-state index in [1.807, 2.05) is 73.7 Å². The number of nitrogens with two attached hydrogens (primary N) is 1. The lowest BCUT2D eigenvalue weighted by Crippen LogP contribution is -2.38. The van der Waals surface area contributed by atoms with Gasteiger partial charge in [0.1, 0.15) is 0 Å². The van der Waals surface area contributed by atoms with Gasteiger partial charge < -0.3 is 20.7 Å². The SMILES string of the molecule is Cc1ccccc1CN(C)C(=O)C(C)Oc1nc(-c2ccccc2)ccc1NCC(N)CS. The van der Waals surface area contributed by atoms with Crippen molar-refractivity contribution in [3.63, 3.8) is 0 Å². The summed E-state index contributed by atoms with van der Waals surface area (Å²) in [6.45, 7) is 4.82. The highest BCUT2D eigenvalue weighted by Gasteiger charge is 2.22. The third-order valence-electron chi connectivity index (χ3n) is 5.40. The third-order valence-corrected chi connectivity index (χ3v) is 5.87. The number of thiol groups is 1. The number of benzene rings is 2. The molecule has 2 atom stereocenters. The molecule has 2 unspecified atom stereocenters. The molecule has 0 saturated heterocycles. The quantitative estimate of drug-likeness (QED) is 0.393. The van der Waals surface area contributed by atoms with Gasteiger partial charge in [0.25, 0.3) is 5.91 Å². The molecule has 0 bridgehead atoms. The minimum atomic E-state index is -0.711. The Labute approximate surface area is 201 Å². The van der Waals surface area contributed by atoms with Gasteiger partial charge in [-0.1, -0.05) is 54.6 Å². The Kier molecular flexibility index (Phi) is 8.74. The van der Waals surface area contributed by atoms with E-state index < -0.39 is 6.10 Å². The second-order valence-electron chi connectivity index (χ2n) is 8.12. The van der Waals surface area contributed by atoms with E-state index in [-0.39, 0.29) is 11.9 Å². The van der Waals surface area contributed by atoms with Gasteiger partial charge in [0.2, 0.25) is 5.88 Å². The summed E-state index contributed by atoms with van der Waals surface area (Å²) < 4.78 is 6.10. The number of carbonyl (C=O) groups is 1. The third kappa shape index (κ3) is 6.73. The Morgan fingerprint density at radius 3 is 2.52 bits per heavy atom. The standard InChI is InChI=1S/C26H32N4O2S/c1-18-9-7-8-12-21(18)16-30(3)26(31)19(2)32-25-24(28-15-22(27)17-33)14-13-23(29-25)20-10-5-4-6-11-20/h4-14,19,22,28,33H,15-17,27H2,1-3H3. The number of pyridine rings is 1. The summed E-state index contributed by atoms with van der Waals surface area (Å²) in [6, 6.07) is 21.6. The second-order valence-corrected chi connectivity index (χ2v) is 8.48. The van der Waals surface area contributed by atoms with E-state index >= 15 is 0 Å². The molecule has 3 rings (SSSR count). The summed E-state index contributed by atoms with van der Waals surface area (Å²) in [7, 11) is 1.79. The summed E-state index contributed by atoms with van der Waals surface area (Å²) in [6.07, 6.45) is -0.711. The zero-order valence-corrected chi connectivity index (χ0v) is 20.3. The van der Waals surface area contributed by atoms with Gasteiger partial charge in [0, 0.05) is 37.5 Å². The van der Waals surface area contributed by atoms with Crippen LogP contribution in [0.1, 0.15) is 18.1 Å². The van der Waals surface area contributed by atoms with E-state index in [9.17, 15) is 4.79 Å². The Bertz CT molecular complexity index is 1060. The summed E-state index contributed by atoms with van der Waals surface area (Å²) >= 11 is 4.24. The molecule has 0 saturated carbocycles. The van der Waals surface area contributed by atoms with Crippen LogP contribution in [-0.4, -0.2) is 47.3 Å². The highest BCUT2D eigenvalue weighted by molar-refractivity contribution is 7.80. The summed E-state index contributed by atoms with van der Waals surface area (Å²) in [4.78, 5) is 19.5.